The summed E-state index contributed by atoms with van der Waals surface area (Å²) in [5.41, 5.74) is 1.63. The molecule has 0 unspecified atom stereocenters. The summed E-state index contributed by atoms with van der Waals surface area (Å²) in [7, 11) is 3.10. The zero-order valence-electron chi connectivity index (χ0n) is 16.4. The second kappa shape index (κ2) is 9.73. The van der Waals surface area contributed by atoms with E-state index in [2.05, 4.69) is 5.32 Å². The van der Waals surface area contributed by atoms with Crippen LogP contribution in [-0.2, 0) is 20.7 Å². The van der Waals surface area contributed by atoms with Crippen molar-refractivity contribution in [3.63, 3.8) is 0 Å². The second-order valence-corrected chi connectivity index (χ2v) is 6.31. The standard InChI is InChI=1S/C21H24FNO5/c1-13-5-7-16(11-19(13)22)23-21(25)14(2)28-20(24)8-6-15-9-17(26-3)12-18(10-15)27-4/h5,7,9-12,14H,6,8H2,1-4H3,(H,23,25)/t14-/m1/s1. The van der Waals surface area contributed by atoms with E-state index in [1.165, 1.54) is 13.0 Å². The summed E-state index contributed by atoms with van der Waals surface area (Å²) in [6, 6.07) is 9.71. The Morgan fingerprint density at radius 3 is 2.29 bits per heavy atom. The highest BCUT2D eigenvalue weighted by Gasteiger charge is 2.18. The summed E-state index contributed by atoms with van der Waals surface area (Å²) in [5.74, 6) is -0.211. The van der Waals surface area contributed by atoms with Gasteiger partial charge in [0.25, 0.3) is 5.91 Å². The number of benzene rings is 2. The minimum atomic E-state index is -1.00. The van der Waals surface area contributed by atoms with Gasteiger partial charge in [0.15, 0.2) is 6.10 Å². The second-order valence-electron chi connectivity index (χ2n) is 6.31. The number of amides is 1. The van der Waals surface area contributed by atoms with Gasteiger partial charge in [0.1, 0.15) is 17.3 Å². The Labute approximate surface area is 163 Å². The number of carbonyl (C=O) groups is 2. The average molecular weight is 389 g/mol. The van der Waals surface area contributed by atoms with Crippen molar-refractivity contribution in [2.24, 2.45) is 0 Å². The number of nitrogens with one attached hydrogen (secondary N) is 1. The van der Waals surface area contributed by atoms with E-state index < -0.39 is 23.8 Å². The average Bonchev–Trinajstić information content (AvgIpc) is 2.68. The molecule has 0 aliphatic carbocycles. The first-order valence-electron chi connectivity index (χ1n) is 8.81. The van der Waals surface area contributed by atoms with Gasteiger partial charge in [-0.2, -0.15) is 0 Å². The molecule has 0 aromatic heterocycles. The van der Waals surface area contributed by atoms with Crippen molar-refractivity contribution in [3.05, 3.63) is 53.3 Å². The number of ether oxygens (including phenoxy) is 3. The number of methoxy groups -OCH3 is 2. The molecule has 2 aromatic carbocycles. The molecule has 0 saturated carbocycles. The van der Waals surface area contributed by atoms with Crippen LogP contribution in [0.1, 0.15) is 24.5 Å². The molecule has 2 rings (SSSR count). The molecular weight excluding hydrogens is 365 g/mol. The summed E-state index contributed by atoms with van der Waals surface area (Å²) >= 11 is 0. The molecule has 7 heteroatoms. The van der Waals surface area contributed by atoms with Gasteiger partial charge < -0.3 is 19.5 Å². The van der Waals surface area contributed by atoms with Gasteiger partial charge in [0, 0.05) is 18.2 Å². The van der Waals surface area contributed by atoms with E-state index in [9.17, 15) is 14.0 Å². The lowest BCUT2D eigenvalue weighted by Gasteiger charge is -2.14. The van der Waals surface area contributed by atoms with Crippen LogP contribution in [0.4, 0.5) is 10.1 Å². The first-order chi connectivity index (χ1) is 13.3. The number of anilines is 1. The highest BCUT2D eigenvalue weighted by molar-refractivity contribution is 5.95. The molecule has 0 fully saturated rings. The molecule has 6 nitrogen and oxygen atoms in total. The van der Waals surface area contributed by atoms with Gasteiger partial charge in [-0.25, -0.2) is 4.39 Å². The molecule has 0 spiro atoms. The number of carbonyl (C=O) groups excluding carboxylic acids is 2. The predicted molar refractivity (Wildman–Crippen MR) is 103 cm³/mol. The molecule has 1 atom stereocenters. The van der Waals surface area contributed by atoms with Crippen molar-refractivity contribution < 1.29 is 28.2 Å². The van der Waals surface area contributed by atoms with Crippen molar-refractivity contribution in [1.29, 1.82) is 0 Å². The maximum atomic E-state index is 13.6. The number of hydrogen-bond donors (Lipinski definition) is 1. The van der Waals surface area contributed by atoms with E-state index in [1.807, 2.05) is 0 Å². The Kier molecular flexibility index (Phi) is 7.37. The van der Waals surface area contributed by atoms with Gasteiger partial charge in [0.05, 0.1) is 14.2 Å². The van der Waals surface area contributed by atoms with Crippen LogP contribution >= 0.6 is 0 Å². The maximum Gasteiger partial charge on any atom is 0.306 e. The largest absolute Gasteiger partial charge is 0.497 e. The van der Waals surface area contributed by atoms with Crippen LogP contribution in [0, 0.1) is 12.7 Å². The quantitative estimate of drug-likeness (QED) is 0.698. The number of halogens is 1. The lowest BCUT2D eigenvalue weighted by molar-refractivity contribution is -0.153. The van der Waals surface area contributed by atoms with Crippen LogP contribution in [0.2, 0.25) is 0 Å². The SMILES string of the molecule is COc1cc(CCC(=O)O[C@H](C)C(=O)Nc2ccc(C)c(F)c2)cc(OC)c1. The first-order valence-corrected chi connectivity index (χ1v) is 8.81. The zero-order valence-corrected chi connectivity index (χ0v) is 16.4. The fourth-order valence-electron chi connectivity index (χ4n) is 2.48. The molecule has 0 heterocycles. The van der Waals surface area contributed by atoms with Gasteiger partial charge in [-0.05, 0) is 55.7 Å². The van der Waals surface area contributed by atoms with Gasteiger partial charge >= 0.3 is 5.97 Å². The van der Waals surface area contributed by atoms with E-state index in [4.69, 9.17) is 14.2 Å². The van der Waals surface area contributed by atoms with Gasteiger partial charge in [-0.1, -0.05) is 6.07 Å². The molecule has 0 aliphatic heterocycles. The van der Waals surface area contributed by atoms with Gasteiger partial charge in [0.2, 0.25) is 0 Å². The minimum absolute atomic E-state index is 0.0904. The van der Waals surface area contributed by atoms with E-state index in [1.54, 1.807) is 51.5 Å². The van der Waals surface area contributed by atoms with E-state index >= 15 is 0 Å². The molecule has 2 aromatic rings. The van der Waals surface area contributed by atoms with Crippen molar-refractivity contribution >= 4 is 17.6 Å². The van der Waals surface area contributed by atoms with E-state index in [-0.39, 0.29) is 6.42 Å². The Balaban J connectivity index is 1.88. The third-order valence-electron chi connectivity index (χ3n) is 4.15. The molecule has 0 saturated heterocycles. The minimum Gasteiger partial charge on any atom is -0.497 e. The Bertz CT molecular complexity index is 830. The Morgan fingerprint density at radius 1 is 1.07 bits per heavy atom. The Hall–Kier alpha value is -3.09. The monoisotopic (exact) mass is 389 g/mol. The van der Waals surface area contributed by atoms with Crippen LogP contribution in [0.5, 0.6) is 11.5 Å². The van der Waals surface area contributed by atoms with Crippen LogP contribution in [0.3, 0.4) is 0 Å². The van der Waals surface area contributed by atoms with Gasteiger partial charge in [-0.3, -0.25) is 9.59 Å². The predicted octanol–water partition coefficient (Wildman–Crippen LogP) is 3.65. The van der Waals surface area contributed by atoms with Crippen molar-refractivity contribution in [1.82, 2.24) is 0 Å². The third-order valence-corrected chi connectivity index (χ3v) is 4.15. The number of rotatable bonds is 8. The highest BCUT2D eigenvalue weighted by atomic mass is 19.1. The zero-order chi connectivity index (χ0) is 20.7. The highest BCUT2D eigenvalue weighted by Crippen LogP contribution is 2.23. The van der Waals surface area contributed by atoms with Gasteiger partial charge in [-0.15, -0.1) is 0 Å². The Morgan fingerprint density at radius 2 is 1.71 bits per heavy atom. The summed E-state index contributed by atoms with van der Waals surface area (Å²) in [4.78, 5) is 24.2. The summed E-state index contributed by atoms with van der Waals surface area (Å²) in [6.45, 7) is 3.09. The molecule has 1 N–H and O–H groups in total. The third kappa shape index (κ3) is 5.97. The summed E-state index contributed by atoms with van der Waals surface area (Å²) in [5, 5.41) is 2.53. The lowest BCUT2D eigenvalue weighted by atomic mass is 10.1. The smallest absolute Gasteiger partial charge is 0.306 e. The maximum absolute atomic E-state index is 13.6. The number of aryl methyl sites for hydroxylation is 2. The molecule has 150 valence electrons. The summed E-state index contributed by atoms with van der Waals surface area (Å²) in [6.07, 6.45) is -0.506. The molecule has 28 heavy (non-hydrogen) atoms. The van der Waals surface area contributed by atoms with Crippen molar-refractivity contribution in [2.75, 3.05) is 19.5 Å². The van der Waals surface area contributed by atoms with Crippen molar-refractivity contribution in [3.8, 4) is 11.5 Å². The molecule has 0 radical (unpaired) electrons. The number of esters is 1. The number of hydrogen-bond acceptors (Lipinski definition) is 5. The van der Waals surface area contributed by atoms with Crippen LogP contribution in [0.15, 0.2) is 36.4 Å². The molecule has 1 amide bonds. The molecular formula is C21H24FNO5. The normalized spacial score (nSPS) is 11.5. The van der Waals surface area contributed by atoms with E-state index in [0.717, 1.165) is 5.56 Å². The first kappa shape index (κ1) is 21.2. The molecule has 0 aliphatic rings. The van der Waals surface area contributed by atoms with E-state index in [0.29, 0.717) is 29.2 Å². The lowest BCUT2D eigenvalue weighted by Crippen LogP contribution is -2.30. The van der Waals surface area contributed by atoms with Crippen LogP contribution < -0.4 is 14.8 Å². The summed E-state index contributed by atoms with van der Waals surface area (Å²) < 4.78 is 29.1. The van der Waals surface area contributed by atoms with Crippen LogP contribution in [-0.4, -0.2) is 32.2 Å². The molecule has 0 bridgehead atoms. The fourth-order valence-corrected chi connectivity index (χ4v) is 2.48. The van der Waals surface area contributed by atoms with Crippen molar-refractivity contribution in [2.45, 2.75) is 32.8 Å². The fraction of sp³-hybridized carbons (Fsp3) is 0.333. The topological polar surface area (TPSA) is 73.9 Å². The van der Waals surface area contributed by atoms with Crippen LogP contribution in [0.25, 0.3) is 0 Å².